The molecular formula is C23H22F2N6. The van der Waals surface area contributed by atoms with E-state index in [0.717, 1.165) is 11.1 Å². The number of benzene rings is 1. The van der Waals surface area contributed by atoms with Crippen LogP contribution in [0, 0.1) is 18.6 Å². The number of nitrogens with one attached hydrogen (secondary N) is 1. The fourth-order valence-electron chi connectivity index (χ4n) is 4.22. The van der Waals surface area contributed by atoms with Crippen LogP contribution in [-0.2, 0) is 11.8 Å². The van der Waals surface area contributed by atoms with Crippen LogP contribution in [0.2, 0.25) is 0 Å². The minimum absolute atomic E-state index is 0.00513. The van der Waals surface area contributed by atoms with Gasteiger partial charge in [0.25, 0.3) is 0 Å². The summed E-state index contributed by atoms with van der Waals surface area (Å²) in [5, 5.41) is 3.29. The molecule has 0 radical (unpaired) electrons. The number of rotatable bonds is 3. The van der Waals surface area contributed by atoms with Gasteiger partial charge in [-0.15, -0.1) is 0 Å². The number of aryl methyl sites for hydroxylation is 1. The smallest absolute Gasteiger partial charge is 0.184 e. The summed E-state index contributed by atoms with van der Waals surface area (Å²) >= 11 is 0. The average molecular weight is 420 g/mol. The Labute approximate surface area is 178 Å². The highest BCUT2D eigenvalue weighted by Crippen LogP contribution is 2.39. The number of hydrogen-bond donors (Lipinski definition) is 2. The number of fused-ring (bicyclic) bond motifs is 2. The van der Waals surface area contributed by atoms with Crippen LogP contribution in [0.25, 0.3) is 17.0 Å². The fraction of sp³-hybridized carbons (Fsp3) is 0.261. The van der Waals surface area contributed by atoms with Crippen molar-refractivity contribution in [1.29, 1.82) is 0 Å². The van der Waals surface area contributed by atoms with Crippen molar-refractivity contribution in [3.8, 4) is 11.5 Å². The Morgan fingerprint density at radius 3 is 2.61 bits per heavy atom. The van der Waals surface area contributed by atoms with Gasteiger partial charge >= 0.3 is 0 Å². The van der Waals surface area contributed by atoms with Crippen LogP contribution in [0.4, 0.5) is 20.4 Å². The molecule has 5 rings (SSSR count). The Kier molecular flexibility index (Phi) is 4.22. The highest BCUT2D eigenvalue weighted by molar-refractivity contribution is 5.77. The van der Waals surface area contributed by atoms with Crippen molar-refractivity contribution in [2.75, 3.05) is 17.6 Å². The Morgan fingerprint density at radius 1 is 1.13 bits per heavy atom. The van der Waals surface area contributed by atoms with Gasteiger partial charge in [0.05, 0.1) is 5.52 Å². The first-order chi connectivity index (χ1) is 14.7. The van der Waals surface area contributed by atoms with Crippen molar-refractivity contribution in [2.45, 2.75) is 32.6 Å². The molecule has 3 N–H and O–H groups in total. The topological polar surface area (TPSA) is 81.1 Å². The quantitative estimate of drug-likeness (QED) is 0.518. The van der Waals surface area contributed by atoms with Crippen molar-refractivity contribution in [2.24, 2.45) is 0 Å². The molecule has 0 saturated heterocycles. The second kappa shape index (κ2) is 6.73. The van der Waals surface area contributed by atoms with Crippen molar-refractivity contribution in [1.82, 2.24) is 19.4 Å². The van der Waals surface area contributed by atoms with Gasteiger partial charge in [-0.2, -0.15) is 0 Å². The van der Waals surface area contributed by atoms with Gasteiger partial charge in [0.1, 0.15) is 34.8 Å². The Bertz CT molecular complexity index is 1320. The molecule has 0 spiro atoms. The van der Waals surface area contributed by atoms with E-state index >= 15 is 0 Å². The highest BCUT2D eigenvalue weighted by atomic mass is 19.1. The lowest BCUT2D eigenvalue weighted by Crippen LogP contribution is -2.20. The summed E-state index contributed by atoms with van der Waals surface area (Å²) in [4.78, 5) is 13.9. The molecule has 0 fully saturated rings. The first-order valence-corrected chi connectivity index (χ1v) is 10.1. The lowest BCUT2D eigenvalue weighted by Gasteiger charge is -2.17. The number of nitrogen functional groups attached to an aromatic ring is 1. The monoisotopic (exact) mass is 420 g/mol. The lowest BCUT2D eigenvalue weighted by molar-refractivity contribution is 0.557. The maximum Gasteiger partial charge on any atom is 0.184 e. The van der Waals surface area contributed by atoms with E-state index in [2.05, 4.69) is 34.1 Å². The Hall–Kier alpha value is -3.55. The average Bonchev–Trinajstić information content (AvgIpc) is 3.22. The van der Waals surface area contributed by atoms with Gasteiger partial charge in [-0.25, -0.2) is 23.7 Å². The zero-order chi connectivity index (χ0) is 21.9. The number of hydrogen-bond acceptors (Lipinski definition) is 5. The SMILES string of the molecule is Cc1cc(F)c(Cc2nc(-c3nc(N)c4c(n3)NCC4(C)C)c3ccccn23)c(F)c1. The summed E-state index contributed by atoms with van der Waals surface area (Å²) in [7, 11) is 0. The van der Waals surface area contributed by atoms with Crippen LogP contribution < -0.4 is 11.1 Å². The maximum atomic E-state index is 14.5. The van der Waals surface area contributed by atoms with Gasteiger partial charge in [-0.05, 0) is 36.8 Å². The van der Waals surface area contributed by atoms with Crippen molar-refractivity contribution >= 4 is 17.2 Å². The zero-order valence-corrected chi connectivity index (χ0v) is 17.5. The first-order valence-electron chi connectivity index (χ1n) is 10.1. The van der Waals surface area contributed by atoms with Gasteiger partial charge < -0.3 is 15.5 Å². The van der Waals surface area contributed by atoms with E-state index in [1.54, 1.807) is 11.3 Å². The summed E-state index contributed by atoms with van der Waals surface area (Å²) in [5.41, 5.74) is 8.78. The third-order valence-electron chi connectivity index (χ3n) is 5.77. The predicted molar refractivity (Wildman–Crippen MR) is 116 cm³/mol. The second-order valence-corrected chi connectivity index (χ2v) is 8.61. The summed E-state index contributed by atoms with van der Waals surface area (Å²) in [6.07, 6.45) is 1.80. The normalized spacial score (nSPS) is 14.6. The molecule has 3 aromatic heterocycles. The molecule has 8 heteroatoms. The Morgan fingerprint density at radius 2 is 1.87 bits per heavy atom. The van der Waals surface area contributed by atoms with E-state index in [9.17, 15) is 8.78 Å². The van der Waals surface area contributed by atoms with Gasteiger partial charge in [0.2, 0.25) is 0 Å². The predicted octanol–water partition coefficient (Wildman–Crippen LogP) is 4.25. The second-order valence-electron chi connectivity index (χ2n) is 8.61. The van der Waals surface area contributed by atoms with E-state index in [4.69, 9.17) is 5.73 Å². The Balaban J connectivity index is 1.65. The number of anilines is 2. The summed E-state index contributed by atoms with van der Waals surface area (Å²) in [6.45, 7) is 6.54. The lowest BCUT2D eigenvalue weighted by atomic mass is 9.88. The van der Waals surface area contributed by atoms with Crippen LogP contribution in [0.15, 0.2) is 36.5 Å². The number of nitrogens with two attached hydrogens (primary N) is 1. The van der Waals surface area contributed by atoms with Crippen LogP contribution in [0.1, 0.15) is 36.4 Å². The molecule has 1 aromatic carbocycles. The molecule has 0 atom stereocenters. The molecule has 31 heavy (non-hydrogen) atoms. The minimum Gasteiger partial charge on any atom is -0.383 e. The number of halogens is 2. The van der Waals surface area contributed by atoms with E-state index in [1.165, 1.54) is 12.1 Å². The molecule has 0 saturated carbocycles. The van der Waals surface area contributed by atoms with Gasteiger partial charge in [-0.1, -0.05) is 19.9 Å². The fourth-order valence-corrected chi connectivity index (χ4v) is 4.22. The summed E-state index contributed by atoms with van der Waals surface area (Å²) < 4.78 is 30.8. The number of nitrogens with zero attached hydrogens (tertiary/aromatic N) is 4. The highest BCUT2D eigenvalue weighted by Gasteiger charge is 2.35. The molecule has 0 aliphatic carbocycles. The molecule has 1 aliphatic rings. The standard InChI is InChI=1S/C23H22F2N6/c1-12-8-14(24)13(15(25)9-12)10-17-28-19(16-6-4-5-7-31(16)17)22-29-20(26)18-21(30-22)27-11-23(18,2)3/h4-9H,10-11H2,1-3H3,(H3,26,27,29,30). The van der Waals surface area contributed by atoms with E-state index in [-0.39, 0.29) is 17.4 Å². The third-order valence-corrected chi connectivity index (χ3v) is 5.77. The largest absolute Gasteiger partial charge is 0.383 e. The maximum absolute atomic E-state index is 14.5. The van der Waals surface area contributed by atoms with Crippen molar-refractivity contribution in [3.63, 3.8) is 0 Å². The summed E-state index contributed by atoms with van der Waals surface area (Å²) in [6, 6.07) is 8.23. The van der Waals surface area contributed by atoms with Crippen LogP contribution >= 0.6 is 0 Å². The van der Waals surface area contributed by atoms with Crippen LogP contribution in [0.3, 0.4) is 0 Å². The third kappa shape index (κ3) is 3.10. The molecule has 0 amide bonds. The minimum atomic E-state index is -0.587. The van der Waals surface area contributed by atoms with Crippen LogP contribution in [0.5, 0.6) is 0 Å². The van der Waals surface area contributed by atoms with E-state index < -0.39 is 11.6 Å². The molecular weight excluding hydrogens is 398 g/mol. The van der Waals surface area contributed by atoms with Gasteiger partial charge in [-0.3, -0.25) is 0 Å². The molecule has 0 unspecified atom stereocenters. The number of aromatic nitrogens is 4. The number of imidazole rings is 1. The van der Waals surface area contributed by atoms with Gasteiger partial charge in [0.15, 0.2) is 5.82 Å². The summed E-state index contributed by atoms with van der Waals surface area (Å²) in [5.74, 6) is 0.794. The van der Waals surface area contributed by atoms with Gasteiger partial charge in [0, 0.05) is 35.7 Å². The number of pyridine rings is 1. The molecule has 0 bridgehead atoms. The molecule has 6 nitrogen and oxygen atoms in total. The zero-order valence-electron chi connectivity index (χ0n) is 17.5. The molecule has 1 aliphatic heterocycles. The van der Waals surface area contributed by atoms with E-state index in [0.29, 0.717) is 41.1 Å². The first kappa shape index (κ1) is 19.4. The van der Waals surface area contributed by atoms with Crippen molar-refractivity contribution < 1.29 is 8.78 Å². The van der Waals surface area contributed by atoms with E-state index in [1.807, 2.05) is 24.4 Å². The van der Waals surface area contributed by atoms with Crippen molar-refractivity contribution in [3.05, 3.63) is 70.7 Å². The molecule has 4 aromatic rings. The molecule has 4 heterocycles. The molecule has 158 valence electrons. The van der Waals surface area contributed by atoms with Crippen LogP contribution in [-0.4, -0.2) is 25.9 Å².